The molecule has 17 heavy (non-hydrogen) atoms. The van der Waals surface area contributed by atoms with E-state index in [0.717, 1.165) is 0 Å². The van der Waals surface area contributed by atoms with Gasteiger partial charge in [-0.3, -0.25) is 4.90 Å². The molecule has 1 aromatic carbocycles. The fraction of sp³-hybridized carbons (Fsp3) is 0.500. The van der Waals surface area contributed by atoms with Gasteiger partial charge in [0, 0.05) is 25.7 Å². The average Bonchev–Trinajstić information content (AvgIpc) is 2.30. The van der Waals surface area contributed by atoms with Gasteiger partial charge in [-0.1, -0.05) is 6.07 Å². The van der Waals surface area contributed by atoms with E-state index >= 15 is 0 Å². The summed E-state index contributed by atoms with van der Waals surface area (Å²) in [7, 11) is 0. The molecule has 0 amide bonds. The van der Waals surface area contributed by atoms with Crippen molar-refractivity contribution in [2.24, 2.45) is 0 Å². The predicted molar refractivity (Wildman–Crippen MR) is 62.5 cm³/mol. The topological polar surface area (TPSA) is 52.9 Å². The molecule has 96 valence electrons. The Bertz CT molecular complexity index is 316. The molecular formula is C12H18FNO3. The monoisotopic (exact) mass is 243 g/mol. The minimum atomic E-state index is -0.329. The molecule has 1 rings (SSSR count). The van der Waals surface area contributed by atoms with E-state index < -0.39 is 0 Å². The van der Waals surface area contributed by atoms with Crippen molar-refractivity contribution in [1.82, 2.24) is 4.90 Å². The highest BCUT2D eigenvalue weighted by atomic mass is 19.1. The maximum Gasteiger partial charge on any atom is 0.126 e. The summed E-state index contributed by atoms with van der Waals surface area (Å²) in [6.07, 6.45) is 0. The molecule has 0 aromatic heterocycles. The first kappa shape index (κ1) is 13.9. The van der Waals surface area contributed by atoms with Crippen LogP contribution in [0.1, 0.15) is 0 Å². The van der Waals surface area contributed by atoms with E-state index in [1.807, 2.05) is 4.90 Å². The van der Waals surface area contributed by atoms with E-state index in [-0.39, 0.29) is 19.0 Å². The Morgan fingerprint density at radius 3 is 2.41 bits per heavy atom. The number of aliphatic hydroxyl groups is 2. The fourth-order valence-corrected chi connectivity index (χ4v) is 1.47. The normalized spacial score (nSPS) is 10.8. The van der Waals surface area contributed by atoms with Crippen molar-refractivity contribution in [2.45, 2.75) is 0 Å². The van der Waals surface area contributed by atoms with Crippen LogP contribution < -0.4 is 4.74 Å². The zero-order chi connectivity index (χ0) is 12.5. The van der Waals surface area contributed by atoms with Gasteiger partial charge in [-0.05, 0) is 12.1 Å². The van der Waals surface area contributed by atoms with Gasteiger partial charge in [0.05, 0.1) is 13.2 Å². The zero-order valence-corrected chi connectivity index (χ0v) is 9.68. The summed E-state index contributed by atoms with van der Waals surface area (Å²) >= 11 is 0. The number of aliphatic hydroxyl groups excluding tert-OH is 2. The van der Waals surface area contributed by atoms with Gasteiger partial charge in [0.2, 0.25) is 0 Å². The quantitative estimate of drug-likeness (QED) is 0.698. The lowest BCUT2D eigenvalue weighted by molar-refractivity contribution is 0.141. The highest BCUT2D eigenvalue weighted by Gasteiger charge is 2.03. The molecule has 0 atom stereocenters. The maximum atomic E-state index is 12.8. The molecule has 1 aromatic rings. The van der Waals surface area contributed by atoms with Gasteiger partial charge in [-0.2, -0.15) is 0 Å². The third kappa shape index (κ3) is 5.63. The molecule has 5 heteroatoms. The smallest absolute Gasteiger partial charge is 0.126 e. The lowest BCUT2D eigenvalue weighted by Gasteiger charge is -2.20. The van der Waals surface area contributed by atoms with Gasteiger partial charge in [0.25, 0.3) is 0 Å². The molecule has 0 unspecified atom stereocenters. The van der Waals surface area contributed by atoms with E-state index in [9.17, 15) is 4.39 Å². The zero-order valence-electron chi connectivity index (χ0n) is 9.68. The van der Waals surface area contributed by atoms with Gasteiger partial charge in [0.15, 0.2) is 0 Å². The lowest BCUT2D eigenvalue weighted by Crippen LogP contribution is -2.33. The number of rotatable bonds is 8. The van der Waals surface area contributed by atoms with Crippen LogP contribution in [-0.2, 0) is 0 Å². The summed E-state index contributed by atoms with van der Waals surface area (Å²) in [4.78, 5) is 1.87. The Morgan fingerprint density at radius 2 is 1.82 bits per heavy atom. The Balaban J connectivity index is 2.30. The number of nitrogens with zero attached hydrogens (tertiary/aromatic N) is 1. The highest BCUT2D eigenvalue weighted by molar-refractivity contribution is 5.22. The molecule has 0 aliphatic heterocycles. The molecule has 2 N–H and O–H groups in total. The molecule has 0 heterocycles. The summed E-state index contributed by atoms with van der Waals surface area (Å²) in [6.45, 7) is 2.04. The Hall–Kier alpha value is -1.17. The van der Waals surface area contributed by atoms with Crippen LogP contribution in [0.4, 0.5) is 4.39 Å². The molecule has 0 radical (unpaired) electrons. The Kier molecular flexibility index (Phi) is 6.54. The molecule has 0 fully saturated rings. The van der Waals surface area contributed by atoms with Gasteiger partial charge < -0.3 is 14.9 Å². The van der Waals surface area contributed by atoms with Crippen LogP contribution in [0.3, 0.4) is 0 Å². The van der Waals surface area contributed by atoms with Crippen molar-refractivity contribution < 1.29 is 19.3 Å². The van der Waals surface area contributed by atoms with Crippen molar-refractivity contribution in [1.29, 1.82) is 0 Å². The second-order valence-corrected chi connectivity index (χ2v) is 3.59. The van der Waals surface area contributed by atoms with Crippen molar-refractivity contribution in [2.75, 3.05) is 39.5 Å². The average molecular weight is 243 g/mol. The summed E-state index contributed by atoms with van der Waals surface area (Å²) in [5, 5.41) is 17.6. The minimum absolute atomic E-state index is 0.0416. The van der Waals surface area contributed by atoms with Crippen LogP contribution in [0.2, 0.25) is 0 Å². The van der Waals surface area contributed by atoms with Gasteiger partial charge in [-0.15, -0.1) is 0 Å². The molecule has 0 spiro atoms. The summed E-state index contributed by atoms with van der Waals surface area (Å²) < 4.78 is 18.2. The van der Waals surface area contributed by atoms with Gasteiger partial charge >= 0.3 is 0 Å². The van der Waals surface area contributed by atoms with Crippen molar-refractivity contribution >= 4 is 0 Å². The fourth-order valence-electron chi connectivity index (χ4n) is 1.47. The van der Waals surface area contributed by atoms with Crippen LogP contribution in [0.15, 0.2) is 24.3 Å². The molecule has 0 bridgehead atoms. The van der Waals surface area contributed by atoms with E-state index in [2.05, 4.69) is 0 Å². The van der Waals surface area contributed by atoms with Gasteiger partial charge in [-0.25, -0.2) is 4.39 Å². The van der Waals surface area contributed by atoms with Crippen LogP contribution in [-0.4, -0.2) is 54.6 Å². The van der Waals surface area contributed by atoms with Crippen LogP contribution in [0.25, 0.3) is 0 Å². The van der Waals surface area contributed by atoms with Crippen molar-refractivity contribution in [3.05, 3.63) is 30.1 Å². The number of ether oxygens (including phenoxy) is 1. The molecule has 0 aliphatic rings. The number of benzene rings is 1. The number of halogens is 1. The third-order valence-corrected chi connectivity index (χ3v) is 2.30. The minimum Gasteiger partial charge on any atom is -0.492 e. The molecule has 0 aliphatic carbocycles. The molecule has 4 nitrogen and oxygen atoms in total. The predicted octanol–water partition coefficient (Wildman–Crippen LogP) is 0.491. The van der Waals surface area contributed by atoms with E-state index in [4.69, 9.17) is 14.9 Å². The lowest BCUT2D eigenvalue weighted by atomic mass is 10.3. The molecule has 0 saturated carbocycles. The summed E-state index contributed by atoms with van der Waals surface area (Å²) in [5.41, 5.74) is 0. The largest absolute Gasteiger partial charge is 0.492 e. The summed E-state index contributed by atoms with van der Waals surface area (Å²) in [5.74, 6) is 0.156. The first-order chi connectivity index (χ1) is 8.26. The van der Waals surface area contributed by atoms with E-state index in [1.165, 1.54) is 12.1 Å². The SMILES string of the molecule is OCCN(CCO)CCOc1cccc(F)c1. The Labute approximate surface area is 100 Å². The van der Waals surface area contributed by atoms with Crippen LogP contribution in [0.5, 0.6) is 5.75 Å². The molecular weight excluding hydrogens is 225 g/mol. The van der Waals surface area contributed by atoms with Crippen LogP contribution in [0, 0.1) is 5.82 Å². The first-order valence-electron chi connectivity index (χ1n) is 5.58. The van der Waals surface area contributed by atoms with Crippen LogP contribution >= 0.6 is 0 Å². The Morgan fingerprint density at radius 1 is 1.12 bits per heavy atom. The van der Waals surface area contributed by atoms with Crippen molar-refractivity contribution in [3.63, 3.8) is 0 Å². The van der Waals surface area contributed by atoms with Gasteiger partial charge in [0.1, 0.15) is 18.2 Å². The molecule has 0 saturated heterocycles. The van der Waals surface area contributed by atoms with Crippen molar-refractivity contribution in [3.8, 4) is 5.75 Å². The second-order valence-electron chi connectivity index (χ2n) is 3.59. The maximum absolute atomic E-state index is 12.8. The number of hydrogen-bond acceptors (Lipinski definition) is 4. The standard InChI is InChI=1S/C12H18FNO3/c13-11-2-1-3-12(10-11)17-9-6-14(4-7-15)5-8-16/h1-3,10,15-16H,4-9H2. The highest BCUT2D eigenvalue weighted by Crippen LogP contribution is 2.11. The van der Waals surface area contributed by atoms with E-state index in [1.54, 1.807) is 12.1 Å². The first-order valence-corrected chi connectivity index (χ1v) is 5.58. The third-order valence-electron chi connectivity index (χ3n) is 2.30. The second kappa shape index (κ2) is 8.00. The number of hydrogen-bond donors (Lipinski definition) is 2. The van der Waals surface area contributed by atoms with E-state index in [0.29, 0.717) is 32.0 Å². The summed E-state index contributed by atoms with van der Waals surface area (Å²) in [6, 6.07) is 5.95.